The third kappa shape index (κ3) is 5.23. The topological polar surface area (TPSA) is 64.4 Å². The van der Waals surface area contributed by atoms with Crippen molar-refractivity contribution in [3.63, 3.8) is 0 Å². The maximum Gasteiger partial charge on any atom is 0.329 e. The molecule has 0 unspecified atom stereocenters. The van der Waals surface area contributed by atoms with Crippen LogP contribution in [0.25, 0.3) is 22.4 Å². The molecule has 0 bridgehead atoms. The Morgan fingerprint density at radius 1 is 0.968 bits per heavy atom. The summed E-state index contributed by atoms with van der Waals surface area (Å²) in [6, 6.07) is 21.1. The largest absolute Gasteiger partial charge is 0.480 e. The van der Waals surface area contributed by atoms with Gasteiger partial charge >= 0.3 is 5.97 Å². The number of aliphatic carboxylic acids is 1. The molecule has 1 heterocycles. The summed E-state index contributed by atoms with van der Waals surface area (Å²) in [6.45, 7) is 3.35. The lowest BCUT2D eigenvalue weighted by Crippen LogP contribution is -2.23. The van der Waals surface area contributed by atoms with Gasteiger partial charge in [-0.2, -0.15) is 5.10 Å². The zero-order valence-electron chi connectivity index (χ0n) is 18.0. The Hall–Kier alpha value is -2.92. The molecule has 5 heteroatoms. The van der Waals surface area contributed by atoms with Gasteiger partial charge in [0.1, 0.15) is 6.61 Å². The molecular weight excluding hydrogens is 388 g/mol. The number of rotatable bonds is 8. The van der Waals surface area contributed by atoms with Crippen LogP contribution in [0.1, 0.15) is 31.4 Å². The van der Waals surface area contributed by atoms with Crippen molar-refractivity contribution in [2.24, 2.45) is 11.8 Å². The molecular formula is C26H30N2O3. The second-order valence-electron chi connectivity index (χ2n) is 8.52. The molecule has 1 saturated carbocycles. The lowest BCUT2D eigenvalue weighted by molar-refractivity contribution is -0.142. The average molecular weight is 419 g/mol. The van der Waals surface area contributed by atoms with Crippen molar-refractivity contribution < 1.29 is 14.6 Å². The number of nitrogens with zero attached hydrogens (tertiary/aromatic N) is 2. The molecule has 1 fully saturated rings. The highest BCUT2D eigenvalue weighted by Crippen LogP contribution is 2.37. The van der Waals surface area contributed by atoms with Crippen molar-refractivity contribution in [2.45, 2.75) is 39.2 Å². The van der Waals surface area contributed by atoms with E-state index >= 15 is 0 Å². The number of carboxylic acids is 1. The minimum atomic E-state index is -0.898. The zero-order valence-corrected chi connectivity index (χ0v) is 18.0. The first-order chi connectivity index (χ1) is 15.1. The highest BCUT2D eigenvalue weighted by Gasteiger charge is 2.25. The van der Waals surface area contributed by atoms with Crippen molar-refractivity contribution >= 4 is 5.97 Å². The molecule has 0 atom stereocenters. The van der Waals surface area contributed by atoms with Crippen molar-refractivity contribution in [1.82, 2.24) is 9.78 Å². The van der Waals surface area contributed by atoms with E-state index in [-0.39, 0.29) is 6.61 Å². The molecule has 1 N–H and O–H groups in total. The predicted octanol–water partition coefficient (Wildman–Crippen LogP) is 5.43. The fourth-order valence-corrected chi connectivity index (χ4v) is 4.69. The van der Waals surface area contributed by atoms with Gasteiger partial charge in [0.2, 0.25) is 0 Å². The van der Waals surface area contributed by atoms with Crippen molar-refractivity contribution in [3.05, 3.63) is 66.4 Å². The standard InChI is InChI=1S/C26H30N2O3/c1-19-25(22-8-4-2-5-9-22)26(23-10-6-3-7-11-23)28(27-19)16-20-12-14-21(15-13-20)17-31-18-24(29)30/h2-11,20-21H,12-18H2,1H3,(H,29,30). The predicted molar refractivity (Wildman–Crippen MR) is 122 cm³/mol. The summed E-state index contributed by atoms with van der Waals surface area (Å²) in [6.07, 6.45) is 4.40. The molecule has 0 saturated heterocycles. The third-order valence-corrected chi connectivity index (χ3v) is 6.21. The van der Waals surface area contributed by atoms with Crippen LogP contribution in [0.2, 0.25) is 0 Å². The second-order valence-corrected chi connectivity index (χ2v) is 8.52. The van der Waals surface area contributed by atoms with Crippen LogP contribution in [0.15, 0.2) is 60.7 Å². The molecule has 1 aromatic heterocycles. The van der Waals surface area contributed by atoms with Gasteiger partial charge in [0, 0.05) is 17.7 Å². The summed E-state index contributed by atoms with van der Waals surface area (Å²) in [4.78, 5) is 10.6. The van der Waals surface area contributed by atoms with E-state index in [9.17, 15) is 4.79 Å². The summed E-state index contributed by atoms with van der Waals surface area (Å²) in [5, 5.41) is 13.7. The van der Waals surface area contributed by atoms with Crippen LogP contribution >= 0.6 is 0 Å². The first kappa shape index (κ1) is 21.3. The molecule has 0 aliphatic heterocycles. The van der Waals surface area contributed by atoms with Crippen molar-refractivity contribution in [3.8, 4) is 22.4 Å². The van der Waals surface area contributed by atoms with E-state index in [0.29, 0.717) is 18.4 Å². The van der Waals surface area contributed by atoms with Crippen LogP contribution in [-0.2, 0) is 16.1 Å². The van der Waals surface area contributed by atoms with Gasteiger partial charge in [-0.05, 0) is 50.0 Å². The molecule has 0 amide bonds. The molecule has 0 spiro atoms. The Balaban J connectivity index is 1.52. The van der Waals surface area contributed by atoms with Gasteiger partial charge in [-0.3, -0.25) is 4.68 Å². The fourth-order valence-electron chi connectivity index (χ4n) is 4.69. The number of aromatic nitrogens is 2. The van der Waals surface area contributed by atoms with Crippen LogP contribution in [0, 0.1) is 18.8 Å². The van der Waals surface area contributed by atoms with Crippen molar-refractivity contribution in [1.29, 1.82) is 0 Å². The molecule has 0 radical (unpaired) electrons. The van der Waals surface area contributed by atoms with Crippen LogP contribution < -0.4 is 0 Å². The molecule has 2 aromatic carbocycles. The minimum absolute atomic E-state index is 0.199. The number of ether oxygens (including phenoxy) is 1. The Morgan fingerprint density at radius 2 is 1.55 bits per heavy atom. The molecule has 3 aromatic rings. The summed E-state index contributed by atoms with van der Waals surface area (Å²) in [5.41, 5.74) is 5.85. The maximum atomic E-state index is 10.6. The van der Waals surface area contributed by atoms with E-state index in [1.807, 2.05) is 12.1 Å². The van der Waals surface area contributed by atoms with E-state index in [0.717, 1.165) is 37.9 Å². The van der Waals surface area contributed by atoms with E-state index in [2.05, 4.69) is 60.1 Å². The van der Waals surface area contributed by atoms with Gasteiger partial charge in [-0.1, -0.05) is 60.7 Å². The Labute approximate surface area is 183 Å². The summed E-state index contributed by atoms with van der Waals surface area (Å²) >= 11 is 0. The van der Waals surface area contributed by atoms with E-state index in [4.69, 9.17) is 14.9 Å². The van der Waals surface area contributed by atoms with Crippen molar-refractivity contribution in [2.75, 3.05) is 13.2 Å². The van der Waals surface area contributed by atoms with Gasteiger partial charge in [0.05, 0.1) is 18.0 Å². The van der Waals surface area contributed by atoms with Crippen LogP contribution in [0.5, 0.6) is 0 Å². The molecule has 162 valence electrons. The number of carboxylic acid groups (broad SMARTS) is 1. The van der Waals surface area contributed by atoms with E-state index < -0.39 is 5.97 Å². The summed E-state index contributed by atoms with van der Waals surface area (Å²) < 4.78 is 7.52. The first-order valence-electron chi connectivity index (χ1n) is 11.1. The molecule has 5 nitrogen and oxygen atoms in total. The number of carbonyl (C=O) groups is 1. The van der Waals surface area contributed by atoms with E-state index in [1.54, 1.807) is 0 Å². The quantitative estimate of drug-likeness (QED) is 0.529. The van der Waals surface area contributed by atoms with Gasteiger partial charge in [-0.25, -0.2) is 4.79 Å². The smallest absolute Gasteiger partial charge is 0.329 e. The Morgan fingerprint density at radius 3 is 2.16 bits per heavy atom. The second kappa shape index (κ2) is 9.92. The third-order valence-electron chi connectivity index (χ3n) is 6.21. The van der Waals surface area contributed by atoms with Crippen LogP contribution in [0.3, 0.4) is 0 Å². The number of hydrogen-bond acceptors (Lipinski definition) is 3. The first-order valence-corrected chi connectivity index (χ1v) is 11.1. The van der Waals surface area contributed by atoms with Gasteiger partial charge in [0.15, 0.2) is 0 Å². The van der Waals surface area contributed by atoms with Gasteiger partial charge in [-0.15, -0.1) is 0 Å². The highest BCUT2D eigenvalue weighted by atomic mass is 16.5. The maximum absolute atomic E-state index is 10.6. The lowest BCUT2D eigenvalue weighted by Gasteiger charge is -2.28. The molecule has 1 aliphatic rings. The SMILES string of the molecule is Cc1nn(CC2CCC(COCC(=O)O)CC2)c(-c2ccccc2)c1-c1ccccc1. The highest BCUT2D eigenvalue weighted by molar-refractivity contribution is 5.82. The lowest BCUT2D eigenvalue weighted by atomic mass is 9.82. The molecule has 1 aliphatic carbocycles. The summed E-state index contributed by atoms with van der Waals surface area (Å²) in [7, 11) is 0. The van der Waals surface area contributed by atoms with Gasteiger partial charge < -0.3 is 9.84 Å². The zero-order chi connectivity index (χ0) is 21.6. The number of benzene rings is 2. The average Bonchev–Trinajstić information content (AvgIpc) is 3.11. The minimum Gasteiger partial charge on any atom is -0.480 e. The normalized spacial score (nSPS) is 18.7. The van der Waals surface area contributed by atoms with Crippen LogP contribution in [-0.4, -0.2) is 34.1 Å². The monoisotopic (exact) mass is 418 g/mol. The molecule has 4 rings (SSSR count). The number of hydrogen-bond donors (Lipinski definition) is 1. The van der Waals surface area contributed by atoms with E-state index in [1.165, 1.54) is 22.4 Å². The Bertz CT molecular complexity index is 990. The number of aryl methyl sites for hydroxylation is 1. The summed E-state index contributed by atoms with van der Waals surface area (Å²) in [5.74, 6) is 0.134. The Kier molecular flexibility index (Phi) is 6.82. The van der Waals surface area contributed by atoms with Gasteiger partial charge in [0.25, 0.3) is 0 Å². The molecule has 31 heavy (non-hydrogen) atoms. The fraction of sp³-hybridized carbons (Fsp3) is 0.385. The van der Waals surface area contributed by atoms with Crippen LogP contribution in [0.4, 0.5) is 0 Å².